The molecule has 2 aliphatic carbocycles. The van der Waals surface area contributed by atoms with Gasteiger partial charge in [0, 0.05) is 24.4 Å². The Morgan fingerprint density at radius 3 is 2.52 bits per heavy atom. The second-order valence-electron chi connectivity index (χ2n) is 10.4. The highest BCUT2D eigenvalue weighted by Gasteiger charge is 2.67. The Labute approximate surface area is 195 Å². The summed E-state index contributed by atoms with van der Waals surface area (Å²) in [6.07, 6.45) is 6.86. The number of pyridine rings is 1. The lowest BCUT2D eigenvalue weighted by atomic mass is 9.55. The van der Waals surface area contributed by atoms with Crippen LogP contribution in [0.25, 0.3) is 0 Å². The molecule has 1 aromatic heterocycles. The first-order valence-corrected chi connectivity index (χ1v) is 11.9. The monoisotopic (exact) mass is 441 g/mol. The van der Waals surface area contributed by atoms with Crippen LogP contribution in [0.1, 0.15) is 55.9 Å². The van der Waals surface area contributed by atoms with E-state index in [9.17, 15) is 10.1 Å². The number of aromatic nitrogens is 1. The van der Waals surface area contributed by atoms with Crippen molar-refractivity contribution < 1.29 is 4.79 Å². The average molecular weight is 442 g/mol. The van der Waals surface area contributed by atoms with Gasteiger partial charge in [-0.1, -0.05) is 26.8 Å². The van der Waals surface area contributed by atoms with Crippen molar-refractivity contribution in [1.82, 2.24) is 9.88 Å². The highest BCUT2D eigenvalue weighted by Crippen LogP contribution is 2.64. The van der Waals surface area contributed by atoms with Crippen LogP contribution in [0.15, 0.2) is 47.7 Å². The molecule has 2 spiro atoms. The number of nitrogens with zero attached hydrogens (tertiary/aromatic N) is 4. The van der Waals surface area contributed by atoms with Crippen LogP contribution >= 0.6 is 0 Å². The maximum atomic E-state index is 14.3. The lowest BCUT2D eigenvalue weighted by molar-refractivity contribution is -0.139. The molecule has 2 N–H and O–H groups in total. The number of carbonyl (C=O) groups is 1. The van der Waals surface area contributed by atoms with Crippen LogP contribution in [-0.4, -0.2) is 28.3 Å². The molecular formula is C27H31N5O. The number of rotatable bonds is 3. The summed E-state index contributed by atoms with van der Waals surface area (Å²) < 4.78 is 0. The van der Waals surface area contributed by atoms with Gasteiger partial charge in [-0.2, -0.15) is 5.26 Å². The number of hydrogen-bond donors (Lipinski definition) is 1. The van der Waals surface area contributed by atoms with Gasteiger partial charge in [-0.25, -0.2) is 4.99 Å². The summed E-state index contributed by atoms with van der Waals surface area (Å²) in [4.78, 5) is 25.1. The van der Waals surface area contributed by atoms with Crippen LogP contribution in [-0.2, 0) is 23.2 Å². The average Bonchev–Trinajstić information content (AvgIpc) is 3.22. The second-order valence-corrected chi connectivity index (χ2v) is 10.4. The number of hydrogen-bond acceptors (Lipinski definition) is 5. The van der Waals surface area contributed by atoms with Crippen molar-refractivity contribution in [2.24, 2.45) is 33.9 Å². The molecule has 1 amide bonds. The van der Waals surface area contributed by atoms with Gasteiger partial charge >= 0.3 is 0 Å². The lowest BCUT2D eigenvalue weighted by Gasteiger charge is -2.50. The third kappa shape index (κ3) is 3.09. The minimum Gasteiger partial charge on any atom is -0.369 e. The SMILES string of the molecule is C[C@H]1[C@H](C)C[C@@]2(Cc3ccc(C#N)cc3[C@]23N=C(N)N(CCc2ccncc2)C3=O)C[C@@H]1C. The van der Waals surface area contributed by atoms with Crippen molar-refractivity contribution in [3.63, 3.8) is 0 Å². The fourth-order valence-electron chi connectivity index (χ4n) is 6.71. The molecule has 2 aromatic rings. The van der Waals surface area contributed by atoms with E-state index < -0.39 is 5.54 Å². The number of nitriles is 1. The minimum absolute atomic E-state index is 0.0307. The van der Waals surface area contributed by atoms with Gasteiger partial charge in [-0.3, -0.25) is 14.7 Å². The topological polar surface area (TPSA) is 95.4 Å². The van der Waals surface area contributed by atoms with Gasteiger partial charge in [0.05, 0.1) is 11.6 Å². The molecule has 170 valence electrons. The van der Waals surface area contributed by atoms with E-state index in [1.807, 2.05) is 30.3 Å². The summed E-state index contributed by atoms with van der Waals surface area (Å²) >= 11 is 0. The van der Waals surface area contributed by atoms with Crippen LogP contribution < -0.4 is 5.73 Å². The molecule has 6 nitrogen and oxygen atoms in total. The van der Waals surface area contributed by atoms with E-state index in [1.54, 1.807) is 17.3 Å². The molecule has 1 fully saturated rings. The highest BCUT2D eigenvalue weighted by atomic mass is 16.2. The zero-order chi connectivity index (χ0) is 23.4. The molecule has 0 unspecified atom stereocenters. The van der Waals surface area contributed by atoms with E-state index in [0.717, 1.165) is 36.0 Å². The van der Waals surface area contributed by atoms with Crippen molar-refractivity contribution in [1.29, 1.82) is 5.26 Å². The number of benzene rings is 1. The summed E-state index contributed by atoms with van der Waals surface area (Å²) in [6.45, 7) is 7.39. The molecule has 33 heavy (non-hydrogen) atoms. The Balaban J connectivity index is 1.60. The molecular weight excluding hydrogens is 410 g/mol. The Bertz CT molecular complexity index is 1150. The van der Waals surface area contributed by atoms with Crippen LogP contribution in [0.5, 0.6) is 0 Å². The molecule has 3 aliphatic rings. The standard InChI is InChI=1S/C27H31N5O/c1-17-13-26(14-18(2)19(17)3)15-22-5-4-21(16-28)12-23(22)27(26)24(33)32(25(29)31-27)11-8-20-6-9-30-10-7-20/h4-7,9-10,12,17-19H,8,11,13-15H2,1-3H3,(H2,29,31)/t17-,18+,19+,26+,27-/m1/s1. The summed E-state index contributed by atoms with van der Waals surface area (Å²) in [7, 11) is 0. The minimum atomic E-state index is -1.04. The molecule has 5 rings (SSSR count). The zero-order valence-corrected chi connectivity index (χ0v) is 19.6. The second kappa shape index (κ2) is 7.69. The molecule has 1 aromatic carbocycles. The highest BCUT2D eigenvalue weighted by molar-refractivity contribution is 6.08. The van der Waals surface area contributed by atoms with Gasteiger partial charge < -0.3 is 5.73 Å². The fourth-order valence-corrected chi connectivity index (χ4v) is 6.71. The van der Waals surface area contributed by atoms with Gasteiger partial charge in [-0.15, -0.1) is 0 Å². The number of aliphatic imine (C=N–C) groups is 1. The third-order valence-electron chi connectivity index (χ3n) is 8.63. The molecule has 0 saturated heterocycles. The van der Waals surface area contributed by atoms with E-state index in [-0.39, 0.29) is 11.3 Å². The normalized spacial score (nSPS) is 32.8. The summed E-state index contributed by atoms with van der Waals surface area (Å²) in [5, 5.41) is 9.59. The summed E-state index contributed by atoms with van der Waals surface area (Å²) in [5.41, 5.74) is 8.80. The molecule has 6 heteroatoms. The van der Waals surface area contributed by atoms with Gasteiger partial charge in [0.25, 0.3) is 5.91 Å². The van der Waals surface area contributed by atoms with Crippen molar-refractivity contribution in [3.05, 3.63) is 65.0 Å². The quantitative estimate of drug-likeness (QED) is 0.784. The van der Waals surface area contributed by atoms with Crippen molar-refractivity contribution in [2.45, 2.75) is 52.0 Å². The molecule has 0 bridgehead atoms. The number of amides is 1. The number of carbonyl (C=O) groups excluding carboxylic acids is 1. The van der Waals surface area contributed by atoms with Crippen LogP contribution in [0.3, 0.4) is 0 Å². The van der Waals surface area contributed by atoms with Gasteiger partial charge in [0.2, 0.25) is 0 Å². The maximum absolute atomic E-state index is 14.3. The maximum Gasteiger partial charge on any atom is 0.262 e. The van der Waals surface area contributed by atoms with E-state index in [0.29, 0.717) is 42.2 Å². The predicted molar refractivity (Wildman–Crippen MR) is 127 cm³/mol. The number of guanidine groups is 1. The summed E-state index contributed by atoms with van der Waals surface area (Å²) in [6, 6.07) is 11.9. The summed E-state index contributed by atoms with van der Waals surface area (Å²) in [5.74, 6) is 1.81. The molecule has 5 atom stereocenters. The predicted octanol–water partition coefficient (Wildman–Crippen LogP) is 3.79. The van der Waals surface area contributed by atoms with E-state index >= 15 is 0 Å². The van der Waals surface area contributed by atoms with Crippen LogP contribution in [0.2, 0.25) is 0 Å². The first-order valence-electron chi connectivity index (χ1n) is 11.9. The van der Waals surface area contributed by atoms with Crippen molar-refractivity contribution in [3.8, 4) is 6.07 Å². The van der Waals surface area contributed by atoms with Crippen molar-refractivity contribution in [2.75, 3.05) is 6.54 Å². The van der Waals surface area contributed by atoms with Gasteiger partial charge in [-0.05, 0) is 84.4 Å². The van der Waals surface area contributed by atoms with E-state index in [4.69, 9.17) is 10.7 Å². The van der Waals surface area contributed by atoms with E-state index in [2.05, 4.69) is 31.8 Å². The van der Waals surface area contributed by atoms with Crippen LogP contribution in [0.4, 0.5) is 0 Å². The molecule has 0 radical (unpaired) electrons. The van der Waals surface area contributed by atoms with Gasteiger partial charge in [0.1, 0.15) is 0 Å². The third-order valence-corrected chi connectivity index (χ3v) is 8.63. The number of fused-ring (bicyclic) bond motifs is 3. The van der Waals surface area contributed by atoms with Crippen LogP contribution in [0, 0.1) is 34.5 Å². The fraction of sp³-hybridized carbons (Fsp3) is 0.481. The lowest BCUT2D eigenvalue weighted by Crippen LogP contribution is -2.54. The largest absolute Gasteiger partial charge is 0.369 e. The zero-order valence-electron chi connectivity index (χ0n) is 19.6. The molecule has 1 saturated carbocycles. The first-order chi connectivity index (χ1) is 15.8. The Morgan fingerprint density at radius 2 is 1.85 bits per heavy atom. The van der Waals surface area contributed by atoms with Crippen molar-refractivity contribution >= 4 is 11.9 Å². The molecule has 1 aliphatic heterocycles. The number of nitrogens with two attached hydrogens (primary N) is 1. The Morgan fingerprint density at radius 1 is 1.15 bits per heavy atom. The smallest absolute Gasteiger partial charge is 0.262 e. The molecule has 2 heterocycles. The Hall–Kier alpha value is -3.20. The Kier molecular flexibility index (Phi) is 5.04. The van der Waals surface area contributed by atoms with Gasteiger partial charge in [0.15, 0.2) is 11.5 Å². The first kappa shape index (κ1) is 21.6. The van der Waals surface area contributed by atoms with E-state index in [1.165, 1.54) is 0 Å².